The molecule has 0 aliphatic carbocycles. The molecule has 92 valence electrons. The van der Waals surface area contributed by atoms with Gasteiger partial charge in [0.2, 0.25) is 0 Å². The largest absolute Gasteiger partial charge is 0.460 e. The molecule has 0 aromatic heterocycles. The van der Waals surface area contributed by atoms with E-state index < -0.39 is 12.0 Å². The number of benzene rings is 1. The molecule has 1 heterocycles. The molecule has 0 spiro atoms. The zero-order chi connectivity index (χ0) is 12.1. The van der Waals surface area contributed by atoms with Crippen molar-refractivity contribution >= 4 is 5.97 Å². The van der Waals surface area contributed by atoms with Gasteiger partial charge in [0.05, 0.1) is 12.7 Å². The number of ether oxygens (including phenoxy) is 2. The highest BCUT2D eigenvalue weighted by atomic mass is 16.5. The molecule has 0 radical (unpaired) electrons. The zero-order valence-corrected chi connectivity index (χ0v) is 9.54. The quantitative estimate of drug-likeness (QED) is 0.799. The summed E-state index contributed by atoms with van der Waals surface area (Å²) in [7, 11) is 0. The molecule has 2 rings (SSSR count). The van der Waals surface area contributed by atoms with Crippen LogP contribution in [0.5, 0.6) is 0 Å². The Morgan fingerprint density at radius 1 is 1.41 bits per heavy atom. The summed E-state index contributed by atoms with van der Waals surface area (Å²) in [5.41, 5.74) is 0.937. The lowest BCUT2D eigenvalue weighted by Gasteiger charge is -2.25. The Balaban J connectivity index is 1.84. The van der Waals surface area contributed by atoms with E-state index in [9.17, 15) is 9.90 Å². The fourth-order valence-corrected chi connectivity index (χ4v) is 1.79. The van der Waals surface area contributed by atoms with E-state index >= 15 is 0 Å². The molecule has 0 amide bonds. The highest BCUT2D eigenvalue weighted by Gasteiger charge is 2.31. The van der Waals surface area contributed by atoms with Crippen LogP contribution in [0.1, 0.15) is 12.0 Å². The predicted molar refractivity (Wildman–Crippen MR) is 61.2 cm³/mol. The summed E-state index contributed by atoms with van der Waals surface area (Å²) >= 11 is 0. The smallest absolute Gasteiger partial charge is 0.314 e. The van der Waals surface area contributed by atoms with Crippen molar-refractivity contribution in [2.24, 2.45) is 5.92 Å². The molecule has 1 N–H and O–H groups in total. The first-order valence-corrected chi connectivity index (χ1v) is 5.74. The second-order valence-electron chi connectivity index (χ2n) is 4.13. The van der Waals surface area contributed by atoms with Gasteiger partial charge in [-0.05, 0) is 12.0 Å². The van der Waals surface area contributed by atoms with Crippen LogP contribution in [0.15, 0.2) is 30.3 Å². The monoisotopic (exact) mass is 236 g/mol. The molecule has 0 bridgehead atoms. The number of hydrogen-bond acceptors (Lipinski definition) is 4. The van der Waals surface area contributed by atoms with Crippen molar-refractivity contribution in [3.63, 3.8) is 0 Å². The third-order valence-corrected chi connectivity index (χ3v) is 2.85. The van der Waals surface area contributed by atoms with Crippen molar-refractivity contribution in [3.8, 4) is 0 Å². The Kier molecular flexibility index (Phi) is 4.12. The SMILES string of the molecule is O=C(OCc1ccccc1)C1COCCC1O. The number of carbonyl (C=O) groups excluding carboxylic acids is 1. The van der Waals surface area contributed by atoms with Gasteiger partial charge < -0.3 is 14.6 Å². The van der Waals surface area contributed by atoms with Crippen molar-refractivity contribution in [2.45, 2.75) is 19.1 Å². The highest BCUT2D eigenvalue weighted by molar-refractivity contribution is 5.73. The molecule has 1 aromatic rings. The average molecular weight is 236 g/mol. The highest BCUT2D eigenvalue weighted by Crippen LogP contribution is 2.16. The minimum Gasteiger partial charge on any atom is -0.460 e. The molecular weight excluding hydrogens is 220 g/mol. The fraction of sp³-hybridized carbons (Fsp3) is 0.462. The third-order valence-electron chi connectivity index (χ3n) is 2.85. The van der Waals surface area contributed by atoms with Gasteiger partial charge in [-0.1, -0.05) is 30.3 Å². The van der Waals surface area contributed by atoms with Crippen LogP contribution in [0.25, 0.3) is 0 Å². The van der Waals surface area contributed by atoms with E-state index in [0.717, 1.165) is 5.56 Å². The molecule has 1 aromatic carbocycles. The Hall–Kier alpha value is -1.39. The normalized spacial score (nSPS) is 24.3. The standard InChI is InChI=1S/C13H16O4/c14-12-6-7-16-9-11(12)13(15)17-8-10-4-2-1-3-5-10/h1-5,11-12,14H,6-9H2. The summed E-state index contributed by atoms with van der Waals surface area (Å²) in [6.07, 6.45) is -0.155. The van der Waals surface area contributed by atoms with Crippen molar-refractivity contribution in [1.29, 1.82) is 0 Å². The Labute approximate surface area is 100 Å². The van der Waals surface area contributed by atoms with Gasteiger partial charge in [0, 0.05) is 6.61 Å². The van der Waals surface area contributed by atoms with Crippen LogP contribution in [-0.4, -0.2) is 30.4 Å². The van der Waals surface area contributed by atoms with E-state index in [1.807, 2.05) is 30.3 Å². The molecule has 2 unspecified atom stereocenters. The molecule has 1 aliphatic heterocycles. The first-order chi connectivity index (χ1) is 8.27. The molecule has 1 aliphatic rings. The Morgan fingerprint density at radius 2 is 2.18 bits per heavy atom. The van der Waals surface area contributed by atoms with E-state index in [4.69, 9.17) is 9.47 Å². The van der Waals surface area contributed by atoms with Gasteiger partial charge in [-0.3, -0.25) is 4.79 Å². The molecule has 2 atom stereocenters. The fourth-order valence-electron chi connectivity index (χ4n) is 1.79. The molecule has 4 nitrogen and oxygen atoms in total. The predicted octanol–water partition coefficient (Wildman–Crippen LogP) is 1.13. The second kappa shape index (κ2) is 5.80. The summed E-state index contributed by atoms with van der Waals surface area (Å²) in [6.45, 7) is 0.987. The van der Waals surface area contributed by atoms with Crippen LogP contribution < -0.4 is 0 Å². The maximum atomic E-state index is 11.7. The number of aliphatic hydroxyl groups excluding tert-OH is 1. The topological polar surface area (TPSA) is 55.8 Å². The van der Waals surface area contributed by atoms with Gasteiger partial charge in [-0.2, -0.15) is 0 Å². The van der Waals surface area contributed by atoms with Crippen LogP contribution in [0.3, 0.4) is 0 Å². The zero-order valence-electron chi connectivity index (χ0n) is 9.54. The number of aliphatic hydroxyl groups is 1. The maximum absolute atomic E-state index is 11.7. The van der Waals surface area contributed by atoms with Crippen molar-refractivity contribution in [3.05, 3.63) is 35.9 Å². The van der Waals surface area contributed by atoms with E-state index in [2.05, 4.69) is 0 Å². The number of hydrogen-bond donors (Lipinski definition) is 1. The molecule has 1 saturated heterocycles. The van der Waals surface area contributed by atoms with Gasteiger partial charge in [0.1, 0.15) is 12.5 Å². The molecule has 4 heteroatoms. The molecule has 0 saturated carbocycles. The minimum atomic E-state index is -0.646. The maximum Gasteiger partial charge on any atom is 0.314 e. The van der Waals surface area contributed by atoms with E-state index in [0.29, 0.717) is 13.0 Å². The van der Waals surface area contributed by atoms with Gasteiger partial charge in [0.25, 0.3) is 0 Å². The van der Waals surface area contributed by atoms with Crippen LogP contribution in [0.2, 0.25) is 0 Å². The van der Waals surface area contributed by atoms with E-state index in [1.165, 1.54) is 0 Å². The Morgan fingerprint density at radius 3 is 2.88 bits per heavy atom. The summed E-state index contributed by atoms with van der Waals surface area (Å²) in [6, 6.07) is 9.47. The van der Waals surface area contributed by atoms with Crippen molar-refractivity contribution < 1.29 is 19.4 Å². The van der Waals surface area contributed by atoms with E-state index in [-0.39, 0.29) is 19.2 Å². The Bertz CT molecular complexity index is 363. The lowest BCUT2D eigenvalue weighted by molar-refractivity contribution is -0.161. The summed E-state index contributed by atoms with van der Waals surface area (Å²) in [5.74, 6) is -0.937. The van der Waals surface area contributed by atoms with Crippen LogP contribution >= 0.6 is 0 Å². The van der Waals surface area contributed by atoms with Crippen LogP contribution in [-0.2, 0) is 20.9 Å². The molecule has 17 heavy (non-hydrogen) atoms. The summed E-state index contributed by atoms with van der Waals surface area (Å²) in [4.78, 5) is 11.7. The lowest BCUT2D eigenvalue weighted by Crippen LogP contribution is -2.38. The van der Waals surface area contributed by atoms with Gasteiger partial charge >= 0.3 is 5.97 Å². The third kappa shape index (κ3) is 3.28. The lowest BCUT2D eigenvalue weighted by atomic mass is 9.99. The minimum absolute atomic E-state index is 0.239. The van der Waals surface area contributed by atoms with Gasteiger partial charge in [-0.15, -0.1) is 0 Å². The van der Waals surface area contributed by atoms with Gasteiger partial charge in [0.15, 0.2) is 0 Å². The van der Waals surface area contributed by atoms with Crippen molar-refractivity contribution in [1.82, 2.24) is 0 Å². The first-order valence-electron chi connectivity index (χ1n) is 5.74. The number of esters is 1. The summed E-state index contributed by atoms with van der Waals surface area (Å²) in [5, 5.41) is 9.66. The van der Waals surface area contributed by atoms with E-state index in [1.54, 1.807) is 0 Å². The first kappa shape index (κ1) is 12.1. The number of carbonyl (C=O) groups is 1. The van der Waals surface area contributed by atoms with Crippen molar-refractivity contribution in [2.75, 3.05) is 13.2 Å². The van der Waals surface area contributed by atoms with Crippen LogP contribution in [0, 0.1) is 5.92 Å². The molecular formula is C13H16O4. The van der Waals surface area contributed by atoms with Crippen LogP contribution in [0.4, 0.5) is 0 Å². The average Bonchev–Trinajstić information content (AvgIpc) is 2.38. The van der Waals surface area contributed by atoms with Gasteiger partial charge in [-0.25, -0.2) is 0 Å². The number of rotatable bonds is 3. The molecule has 1 fully saturated rings. The second-order valence-corrected chi connectivity index (χ2v) is 4.13. The summed E-state index contributed by atoms with van der Waals surface area (Å²) < 4.78 is 10.3.